The van der Waals surface area contributed by atoms with E-state index in [0.29, 0.717) is 28.9 Å². The van der Waals surface area contributed by atoms with Gasteiger partial charge in [-0.3, -0.25) is 14.9 Å². The highest BCUT2D eigenvalue weighted by Gasteiger charge is 2.26. The van der Waals surface area contributed by atoms with Crippen molar-refractivity contribution in [2.75, 3.05) is 0 Å². The van der Waals surface area contributed by atoms with E-state index < -0.39 is 10.7 Å². The van der Waals surface area contributed by atoms with Crippen molar-refractivity contribution in [3.05, 3.63) is 80.4 Å². The molecule has 0 bridgehead atoms. The second-order valence-corrected chi connectivity index (χ2v) is 7.16. The lowest BCUT2D eigenvalue weighted by Crippen LogP contribution is -2.12. The van der Waals surface area contributed by atoms with Gasteiger partial charge in [-0.2, -0.15) is 0 Å². The number of fused-ring (bicyclic) bond motifs is 1. The van der Waals surface area contributed by atoms with Gasteiger partial charge in [0.1, 0.15) is 5.01 Å². The number of Topliss-reactive ketones (excluding diaryl/α,β-unsaturated/α-hetero) is 1. The van der Waals surface area contributed by atoms with Gasteiger partial charge in [0.2, 0.25) is 5.78 Å². The minimum Gasteiger partial charge on any atom is -0.502 e. The van der Waals surface area contributed by atoms with Crippen molar-refractivity contribution in [3.63, 3.8) is 0 Å². The van der Waals surface area contributed by atoms with Gasteiger partial charge in [-0.05, 0) is 30.5 Å². The Hall–Kier alpha value is -3.32. The van der Waals surface area contributed by atoms with Gasteiger partial charge in [0.25, 0.3) is 0 Å². The first-order valence-electron chi connectivity index (χ1n) is 8.31. The molecule has 6 nitrogen and oxygen atoms in total. The fourth-order valence-corrected chi connectivity index (χ4v) is 4.12. The number of rotatable bonds is 3. The molecule has 4 rings (SSSR count). The van der Waals surface area contributed by atoms with Crippen LogP contribution < -0.4 is 0 Å². The largest absolute Gasteiger partial charge is 0.502 e. The number of carbonyl (C=O) groups excluding carboxylic acids is 1. The summed E-state index contributed by atoms with van der Waals surface area (Å²) in [5, 5.41) is 21.4. The highest BCUT2D eigenvalue weighted by molar-refractivity contribution is 7.17. The van der Waals surface area contributed by atoms with E-state index in [4.69, 9.17) is 0 Å². The highest BCUT2D eigenvalue weighted by Crippen LogP contribution is 2.35. The number of phenols is 1. The maximum absolute atomic E-state index is 12.9. The molecule has 27 heavy (non-hydrogen) atoms. The Kier molecular flexibility index (Phi) is 4.29. The van der Waals surface area contributed by atoms with E-state index in [1.807, 2.05) is 30.3 Å². The Labute approximate surface area is 158 Å². The van der Waals surface area contributed by atoms with Crippen molar-refractivity contribution in [2.24, 2.45) is 0 Å². The SMILES string of the molecule is O=C1C(=Cc2ccc(O)c([N+](=O)[O-])c2)CCc2nc(-c3ccccc3)sc21. The molecule has 134 valence electrons. The molecule has 0 spiro atoms. The summed E-state index contributed by atoms with van der Waals surface area (Å²) in [4.78, 5) is 28.4. The Morgan fingerprint density at radius 2 is 1.93 bits per heavy atom. The molecule has 1 heterocycles. The number of nitro benzene ring substituents is 1. The number of carbonyl (C=O) groups is 1. The fraction of sp³-hybridized carbons (Fsp3) is 0.100. The Morgan fingerprint density at radius 1 is 1.15 bits per heavy atom. The molecule has 1 aliphatic rings. The fourth-order valence-electron chi connectivity index (χ4n) is 3.03. The van der Waals surface area contributed by atoms with Gasteiger partial charge in [0.05, 0.1) is 15.5 Å². The summed E-state index contributed by atoms with van der Waals surface area (Å²) in [6.45, 7) is 0. The van der Waals surface area contributed by atoms with Crippen molar-refractivity contribution in [1.29, 1.82) is 0 Å². The summed E-state index contributed by atoms with van der Waals surface area (Å²) in [6.07, 6.45) is 2.83. The van der Waals surface area contributed by atoms with Gasteiger partial charge in [-0.25, -0.2) is 4.98 Å². The lowest BCUT2D eigenvalue weighted by Gasteiger charge is -2.12. The van der Waals surface area contributed by atoms with Crippen LogP contribution in [-0.4, -0.2) is 20.8 Å². The number of hydrogen-bond acceptors (Lipinski definition) is 6. The number of allylic oxidation sites excluding steroid dienone is 1. The number of aromatic hydroxyl groups is 1. The van der Waals surface area contributed by atoms with Crippen molar-refractivity contribution in [3.8, 4) is 16.3 Å². The number of phenolic OH excluding ortho intramolecular Hbond substituents is 1. The van der Waals surface area contributed by atoms with Gasteiger partial charge < -0.3 is 5.11 Å². The van der Waals surface area contributed by atoms with E-state index in [1.54, 1.807) is 12.1 Å². The van der Waals surface area contributed by atoms with Crippen LogP contribution in [0, 0.1) is 10.1 Å². The Morgan fingerprint density at radius 3 is 2.67 bits per heavy atom. The number of ketones is 1. The van der Waals surface area contributed by atoms with Crippen LogP contribution in [0.3, 0.4) is 0 Å². The molecule has 0 saturated heterocycles. The minimum absolute atomic E-state index is 0.0911. The van der Waals surface area contributed by atoms with E-state index in [0.717, 1.165) is 16.3 Å². The maximum atomic E-state index is 12.9. The molecular formula is C20H14N2O4S. The maximum Gasteiger partial charge on any atom is 0.311 e. The van der Waals surface area contributed by atoms with Gasteiger partial charge in [-0.15, -0.1) is 11.3 Å². The van der Waals surface area contributed by atoms with E-state index in [2.05, 4.69) is 4.98 Å². The first kappa shape index (κ1) is 17.1. The van der Waals surface area contributed by atoms with Crippen molar-refractivity contribution in [1.82, 2.24) is 4.98 Å². The normalized spacial score (nSPS) is 15.0. The quantitative estimate of drug-likeness (QED) is 0.407. The number of nitrogens with zero attached hydrogens (tertiary/aromatic N) is 2. The average molecular weight is 378 g/mol. The molecule has 2 aromatic carbocycles. The number of benzene rings is 2. The predicted octanol–water partition coefficient (Wildman–Crippen LogP) is 4.64. The number of nitro groups is 1. The summed E-state index contributed by atoms with van der Waals surface area (Å²) in [5.41, 5.74) is 2.50. The third-order valence-corrected chi connectivity index (χ3v) is 5.53. The van der Waals surface area contributed by atoms with Gasteiger partial charge in [-0.1, -0.05) is 36.4 Å². The lowest BCUT2D eigenvalue weighted by atomic mass is 9.94. The minimum atomic E-state index is -0.645. The third kappa shape index (κ3) is 3.24. The van der Waals surface area contributed by atoms with Crippen LogP contribution in [0.25, 0.3) is 16.6 Å². The zero-order valence-corrected chi connectivity index (χ0v) is 14.9. The number of thiazole rings is 1. The van der Waals surface area contributed by atoms with Gasteiger partial charge in [0.15, 0.2) is 5.75 Å². The van der Waals surface area contributed by atoms with Gasteiger partial charge >= 0.3 is 5.69 Å². The molecule has 1 aliphatic carbocycles. The van der Waals surface area contributed by atoms with Crippen LogP contribution in [0.2, 0.25) is 0 Å². The summed E-state index contributed by atoms with van der Waals surface area (Å²) in [6, 6.07) is 13.8. The smallest absolute Gasteiger partial charge is 0.311 e. The second-order valence-electron chi connectivity index (χ2n) is 6.16. The van der Waals surface area contributed by atoms with E-state index in [1.165, 1.54) is 23.5 Å². The molecule has 0 fully saturated rings. The monoisotopic (exact) mass is 378 g/mol. The summed E-state index contributed by atoms with van der Waals surface area (Å²) in [7, 11) is 0. The average Bonchev–Trinajstić information content (AvgIpc) is 3.11. The van der Waals surface area contributed by atoms with Gasteiger partial charge in [0, 0.05) is 17.2 Å². The molecule has 0 aliphatic heterocycles. The molecule has 0 saturated carbocycles. The second kappa shape index (κ2) is 6.77. The Bertz CT molecular complexity index is 1090. The van der Waals surface area contributed by atoms with Crippen LogP contribution in [0.15, 0.2) is 54.1 Å². The number of aromatic nitrogens is 1. The molecule has 1 aromatic heterocycles. The highest BCUT2D eigenvalue weighted by atomic mass is 32.1. The van der Waals surface area contributed by atoms with E-state index in [-0.39, 0.29) is 11.5 Å². The summed E-state index contributed by atoms with van der Waals surface area (Å²) in [5.74, 6) is -0.485. The van der Waals surface area contributed by atoms with Crippen LogP contribution in [-0.2, 0) is 6.42 Å². The molecule has 0 unspecified atom stereocenters. The first-order chi connectivity index (χ1) is 13.0. The van der Waals surface area contributed by atoms with Crippen molar-refractivity contribution < 1.29 is 14.8 Å². The third-order valence-electron chi connectivity index (χ3n) is 4.38. The summed E-state index contributed by atoms with van der Waals surface area (Å²) >= 11 is 1.37. The van der Waals surface area contributed by atoms with E-state index >= 15 is 0 Å². The first-order valence-corrected chi connectivity index (χ1v) is 9.12. The molecule has 7 heteroatoms. The standard InChI is InChI=1S/C20H14N2O4S/c23-17-9-6-12(11-16(17)22(25)26)10-14-7-8-15-19(18(14)24)27-20(21-15)13-4-2-1-3-5-13/h1-6,9-11,23H,7-8H2. The van der Waals surface area contributed by atoms with Crippen LogP contribution in [0.4, 0.5) is 5.69 Å². The number of hydrogen-bond donors (Lipinski definition) is 1. The van der Waals surface area contributed by atoms with E-state index in [9.17, 15) is 20.0 Å². The van der Waals surface area contributed by atoms with Crippen LogP contribution in [0.5, 0.6) is 5.75 Å². The molecule has 0 atom stereocenters. The predicted molar refractivity (Wildman–Crippen MR) is 103 cm³/mol. The molecule has 0 radical (unpaired) electrons. The molecule has 3 aromatic rings. The Balaban J connectivity index is 1.68. The lowest BCUT2D eigenvalue weighted by molar-refractivity contribution is -0.385. The van der Waals surface area contributed by atoms with Crippen LogP contribution >= 0.6 is 11.3 Å². The zero-order valence-electron chi connectivity index (χ0n) is 14.1. The topological polar surface area (TPSA) is 93.3 Å². The number of aryl methyl sites for hydroxylation is 1. The summed E-state index contributed by atoms with van der Waals surface area (Å²) < 4.78 is 0. The van der Waals surface area contributed by atoms with Crippen LogP contribution in [0.1, 0.15) is 27.3 Å². The molecule has 0 amide bonds. The molecule has 1 N–H and O–H groups in total. The van der Waals surface area contributed by atoms with Crippen molar-refractivity contribution in [2.45, 2.75) is 12.8 Å². The zero-order chi connectivity index (χ0) is 19.0. The molecular weight excluding hydrogens is 364 g/mol. The van der Waals surface area contributed by atoms with Crippen molar-refractivity contribution >= 4 is 28.9 Å².